The zero-order valence-corrected chi connectivity index (χ0v) is 22.2. The number of amides is 2. The molecule has 3 aromatic carbocycles. The van der Waals surface area contributed by atoms with Crippen LogP contribution in [0.25, 0.3) is 11.3 Å². The fraction of sp³-hybridized carbons (Fsp3) is 0.115. The predicted octanol–water partition coefficient (Wildman–Crippen LogP) is 7.25. The number of halogens is 2. The Hall–Kier alpha value is -3.04. The van der Waals surface area contributed by atoms with Crippen molar-refractivity contribution >= 4 is 68.9 Å². The topological polar surface area (TPSA) is 80.3 Å². The molecule has 1 unspecified atom stereocenters. The van der Waals surface area contributed by atoms with Crippen molar-refractivity contribution in [3.8, 4) is 17.0 Å². The zero-order valence-electron chi connectivity index (χ0n) is 19.0. The number of hydrogen-bond donors (Lipinski definition) is 2. The first-order valence-electron chi connectivity index (χ1n) is 10.8. The molecule has 0 radical (unpaired) electrons. The molecule has 10 heteroatoms. The molecular formula is C26H21Cl2N3O3S2. The number of para-hydroxylation sites is 1. The van der Waals surface area contributed by atoms with Gasteiger partial charge in [0.2, 0.25) is 5.91 Å². The lowest BCUT2D eigenvalue weighted by Gasteiger charge is -2.11. The summed E-state index contributed by atoms with van der Waals surface area (Å²) in [6.45, 7) is 1.74. The smallest absolute Gasteiger partial charge is 0.262 e. The van der Waals surface area contributed by atoms with Crippen LogP contribution in [0.2, 0.25) is 10.0 Å². The summed E-state index contributed by atoms with van der Waals surface area (Å²) >= 11 is 14.9. The monoisotopic (exact) mass is 557 g/mol. The molecule has 0 bridgehead atoms. The van der Waals surface area contributed by atoms with Crippen molar-refractivity contribution in [2.24, 2.45) is 0 Å². The van der Waals surface area contributed by atoms with Crippen LogP contribution in [-0.2, 0) is 9.59 Å². The Bertz CT molecular complexity index is 1350. The number of anilines is 2. The Kier molecular flexibility index (Phi) is 8.88. The fourth-order valence-electron chi connectivity index (χ4n) is 3.10. The summed E-state index contributed by atoms with van der Waals surface area (Å²) in [4.78, 5) is 30.2. The molecule has 0 aliphatic heterocycles. The van der Waals surface area contributed by atoms with Gasteiger partial charge in [0.15, 0.2) is 11.7 Å². The van der Waals surface area contributed by atoms with Crippen LogP contribution in [0.5, 0.6) is 5.75 Å². The van der Waals surface area contributed by atoms with E-state index in [-0.39, 0.29) is 23.7 Å². The molecule has 1 atom stereocenters. The van der Waals surface area contributed by atoms with Gasteiger partial charge in [0.05, 0.1) is 16.0 Å². The second kappa shape index (κ2) is 12.3. The SMILES string of the molecule is CC(Sc1ccc(NC(=O)COc2ccccc2)cc1)C(=O)Nc1nc(-c2ccc(Cl)cc2Cl)cs1. The van der Waals surface area contributed by atoms with E-state index in [1.807, 2.05) is 42.6 Å². The summed E-state index contributed by atoms with van der Waals surface area (Å²) in [5, 5.41) is 8.65. The molecule has 0 aliphatic rings. The van der Waals surface area contributed by atoms with Gasteiger partial charge in [-0.15, -0.1) is 23.1 Å². The first-order valence-corrected chi connectivity index (χ1v) is 13.3. The third kappa shape index (κ3) is 7.24. The highest BCUT2D eigenvalue weighted by atomic mass is 35.5. The van der Waals surface area contributed by atoms with Crippen LogP contribution in [0.3, 0.4) is 0 Å². The number of benzene rings is 3. The molecule has 1 aromatic heterocycles. The van der Waals surface area contributed by atoms with E-state index >= 15 is 0 Å². The molecule has 6 nitrogen and oxygen atoms in total. The lowest BCUT2D eigenvalue weighted by molar-refractivity contribution is -0.118. The van der Waals surface area contributed by atoms with Crippen molar-refractivity contribution < 1.29 is 14.3 Å². The quantitative estimate of drug-likeness (QED) is 0.212. The zero-order chi connectivity index (χ0) is 25.5. The molecule has 0 saturated heterocycles. The molecule has 1 heterocycles. The maximum Gasteiger partial charge on any atom is 0.262 e. The Labute approximate surface area is 227 Å². The number of aromatic nitrogens is 1. The Morgan fingerprint density at radius 2 is 1.78 bits per heavy atom. The maximum atomic E-state index is 12.7. The molecular weight excluding hydrogens is 537 g/mol. The Morgan fingerprint density at radius 1 is 1.03 bits per heavy atom. The van der Waals surface area contributed by atoms with E-state index in [4.69, 9.17) is 27.9 Å². The number of hydrogen-bond acceptors (Lipinski definition) is 6. The van der Waals surface area contributed by atoms with Gasteiger partial charge in [0.1, 0.15) is 5.75 Å². The third-order valence-corrected chi connectivity index (χ3v) is 7.29. The van der Waals surface area contributed by atoms with Crippen molar-refractivity contribution in [2.75, 3.05) is 17.2 Å². The molecule has 0 saturated carbocycles. The number of nitrogens with one attached hydrogen (secondary N) is 2. The number of carbonyl (C=O) groups excluding carboxylic acids is 2. The van der Waals surface area contributed by atoms with Crippen molar-refractivity contribution in [1.29, 1.82) is 0 Å². The standard InChI is InChI=1S/C26H21Cl2N3O3S2/c1-16(25(33)31-26-30-23(15-35-26)21-12-7-17(27)13-22(21)28)36-20-10-8-18(9-11-20)29-24(32)14-34-19-5-3-2-4-6-19/h2-13,15-16H,14H2,1H3,(H,29,32)(H,30,31,33). The van der Waals surface area contributed by atoms with Gasteiger partial charge >= 0.3 is 0 Å². The van der Waals surface area contributed by atoms with E-state index in [2.05, 4.69) is 15.6 Å². The van der Waals surface area contributed by atoms with Crippen molar-refractivity contribution in [2.45, 2.75) is 17.1 Å². The molecule has 36 heavy (non-hydrogen) atoms. The summed E-state index contributed by atoms with van der Waals surface area (Å²) in [5.41, 5.74) is 2.07. The largest absolute Gasteiger partial charge is 0.484 e. The average molecular weight is 559 g/mol. The van der Waals surface area contributed by atoms with E-state index in [9.17, 15) is 9.59 Å². The van der Waals surface area contributed by atoms with Crippen molar-refractivity contribution in [3.05, 3.63) is 88.2 Å². The van der Waals surface area contributed by atoms with Gasteiger partial charge in [-0.3, -0.25) is 9.59 Å². The van der Waals surface area contributed by atoms with Crippen LogP contribution in [0, 0.1) is 0 Å². The van der Waals surface area contributed by atoms with Gasteiger partial charge in [-0.05, 0) is 61.5 Å². The van der Waals surface area contributed by atoms with Crippen LogP contribution in [0.4, 0.5) is 10.8 Å². The number of carbonyl (C=O) groups is 2. The van der Waals surface area contributed by atoms with Gasteiger partial charge in [0, 0.05) is 26.5 Å². The van der Waals surface area contributed by atoms with Crippen LogP contribution < -0.4 is 15.4 Å². The molecule has 2 amide bonds. The normalized spacial score (nSPS) is 11.5. The summed E-state index contributed by atoms with van der Waals surface area (Å²) < 4.78 is 5.45. The number of nitrogens with zero attached hydrogens (tertiary/aromatic N) is 1. The van der Waals surface area contributed by atoms with Crippen LogP contribution in [-0.4, -0.2) is 28.7 Å². The average Bonchev–Trinajstić information content (AvgIpc) is 3.32. The molecule has 0 aliphatic carbocycles. The number of thioether (sulfide) groups is 1. The Morgan fingerprint density at radius 3 is 2.50 bits per heavy atom. The van der Waals surface area contributed by atoms with Gasteiger partial charge in [-0.25, -0.2) is 4.98 Å². The first kappa shape index (κ1) is 26.0. The van der Waals surface area contributed by atoms with Gasteiger partial charge in [0.25, 0.3) is 5.91 Å². The number of thiazole rings is 1. The predicted molar refractivity (Wildman–Crippen MR) is 149 cm³/mol. The van der Waals surface area contributed by atoms with Gasteiger partial charge < -0.3 is 15.4 Å². The third-order valence-electron chi connectivity index (χ3n) is 4.87. The summed E-state index contributed by atoms with van der Waals surface area (Å²) in [5.74, 6) is 0.211. The van der Waals surface area contributed by atoms with Crippen LogP contribution >= 0.6 is 46.3 Å². The molecule has 2 N–H and O–H groups in total. The summed E-state index contributed by atoms with van der Waals surface area (Å²) in [7, 11) is 0. The highest BCUT2D eigenvalue weighted by Gasteiger charge is 2.17. The van der Waals surface area contributed by atoms with E-state index in [0.717, 1.165) is 10.5 Å². The second-order valence-electron chi connectivity index (χ2n) is 7.59. The van der Waals surface area contributed by atoms with Gasteiger partial charge in [-0.1, -0.05) is 41.4 Å². The van der Waals surface area contributed by atoms with E-state index in [0.29, 0.717) is 32.3 Å². The lowest BCUT2D eigenvalue weighted by Crippen LogP contribution is -2.22. The highest BCUT2D eigenvalue weighted by Crippen LogP contribution is 2.33. The van der Waals surface area contributed by atoms with E-state index < -0.39 is 0 Å². The van der Waals surface area contributed by atoms with Crippen LogP contribution in [0.1, 0.15) is 6.92 Å². The highest BCUT2D eigenvalue weighted by molar-refractivity contribution is 8.00. The van der Waals surface area contributed by atoms with E-state index in [1.54, 1.807) is 42.5 Å². The molecule has 4 aromatic rings. The minimum absolute atomic E-state index is 0.0829. The Balaban J connectivity index is 1.27. The summed E-state index contributed by atoms with van der Waals surface area (Å²) in [6.07, 6.45) is 0. The minimum Gasteiger partial charge on any atom is -0.484 e. The van der Waals surface area contributed by atoms with Crippen molar-refractivity contribution in [1.82, 2.24) is 4.98 Å². The molecule has 184 valence electrons. The fourth-order valence-corrected chi connectivity index (χ4v) is 5.18. The lowest BCUT2D eigenvalue weighted by atomic mass is 10.2. The molecule has 0 fully saturated rings. The summed E-state index contributed by atoms with van der Waals surface area (Å²) in [6, 6.07) is 21.6. The first-order chi connectivity index (χ1) is 17.4. The number of ether oxygens (including phenoxy) is 1. The van der Waals surface area contributed by atoms with Crippen molar-refractivity contribution in [3.63, 3.8) is 0 Å². The van der Waals surface area contributed by atoms with Gasteiger partial charge in [-0.2, -0.15) is 0 Å². The minimum atomic E-state index is -0.365. The second-order valence-corrected chi connectivity index (χ2v) is 10.7. The maximum absolute atomic E-state index is 12.7. The van der Waals surface area contributed by atoms with E-state index in [1.165, 1.54) is 23.1 Å². The molecule has 0 spiro atoms. The number of rotatable bonds is 9. The van der Waals surface area contributed by atoms with Crippen LogP contribution in [0.15, 0.2) is 83.1 Å². The molecule has 4 rings (SSSR count).